The molecule has 13 heavy (non-hydrogen) atoms. The minimum absolute atomic E-state index is 0. The van der Waals surface area contributed by atoms with Crippen LogP contribution in [-0.2, 0) is 0 Å². The van der Waals surface area contributed by atoms with E-state index in [1.807, 2.05) is 0 Å². The van der Waals surface area contributed by atoms with Crippen LogP contribution < -0.4 is 0 Å². The average Bonchev–Trinajstić information content (AvgIpc) is 1.99. The Bertz CT molecular complexity index is 318. The third kappa shape index (κ3) is 4.09. The van der Waals surface area contributed by atoms with E-state index in [9.17, 15) is 4.79 Å². The Morgan fingerprint density at radius 3 is 1.85 bits per heavy atom. The summed E-state index contributed by atoms with van der Waals surface area (Å²) in [4.78, 5) is 10.6. The van der Waals surface area contributed by atoms with E-state index in [0.717, 1.165) is 10.7 Å². The van der Waals surface area contributed by atoms with Gasteiger partial charge in [-0.25, -0.2) is 4.79 Å². The van der Waals surface area contributed by atoms with E-state index < -0.39 is 5.97 Å². The zero-order valence-electron chi connectivity index (χ0n) is 6.64. The molecule has 1 aromatic carbocycles. The Balaban J connectivity index is 0.00000144. The van der Waals surface area contributed by atoms with Gasteiger partial charge in [-0.2, -0.15) is 0 Å². The first-order valence-electron chi connectivity index (χ1n) is 2.90. The first-order chi connectivity index (χ1) is 5.52. The number of hydrogen-bond donors (Lipinski definition) is 1. The summed E-state index contributed by atoms with van der Waals surface area (Å²) in [5.74, 6) is -0.873. The zero-order valence-corrected chi connectivity index (χ0v) is 15.1. The fourth-order valence-electron chi connectivity index (χ4n) is 0.679. The van der Waals surface area contributed by atoms with Crippen LogP contribution in [0, 0.1) is 10.7 Å². The summed E-state index contributed by atoms with van der Waals surface area (Å²) in [6.07, 6.45) is 0. The second kappa shape index (κ2) is 6.46. The van der Waals surface area contributed by atoms with Crippen molar-refractivity contribution in [3.63, 3.8) is 0 Å². The molecule has 1 N–H and O–H groups in total. The second-order valence-corrected chi connectivity index (χ2v) is 5.46. The maximum Gasteiger partial charge on any atom is 0.335 e. The number of hydrogen-bond acceptors (Lipinski definition) is 1. The van der Waals surface area contributed by atoms with Crippen molar-refractivity contribution >= 4 is 103 Å². The molecule has 2 nitrogen and oxygen atoms in total. The molecule has 0 aliphatic heterocycles. The average molecular weight is 523 g/mol. The van der Waals surface area contributed by atoms with Gasteiger partial charge in [0.05, 0.1) is 5.56 Å². The Morgan fingerprint density at radius 2 is 1.54 bits per heavy atom. The van der Waals surface area contributed by atoms with Crippen LogP contribution in [0.25, 0.3) is 0 Å². The third-order valence-corrected chi connectivity index (χ3v) is 6.16. The Labute approximate surface area is 139 Å². The van der Waals surface area contributed by atoms with Gasteiger partial charge in [0.15, 0.2) is 0 Å². The van der Waals surface area contributed by atoms with Crippen molar-refractivity contribution in [2.24, 2.45) is 0 Å². The van der Waals surface area contributed by atoms with Crippen molar-refractivity contribution in [1.29, 1.82) is 0 Å². The Morgan fingerprint density at radius 1 is 1.15 bits per heavy atom. The Hall–Kier alpha value is 1.88. The molecular formula is C7H3I3NaO2. The van der Waals surface area contributed by atoms with E-state index in [1.165, 1.54) is 0 Å². The molecule has 0 aliphatic rings. The summed E-state index contributed by atoms with van der Waals surface area (Å²) in [5, 5.41) is 8.72. The van der Waals surface area contributed by atoms with E-state index in [4.69, 9.17) is 5.11 Å². The van der Waals surface area contributed by atoms with E-state index in [1.54, 1.807) is 12.1 Å². The van der Waals surface area contributed by atoms with Crippen LogP contribution in [0.3, 0.4) is 0 Å². The van der Waals surface area contributed by atoms with Crippen LogP contribution in [0.4, 0.5) is 0 Å². The second-order valence-electron chi connectivity index (χ2n) is 2.06. The standard InChI is InChI=1S/C7H3I3O2.Na/c8-4-1-3(7(11)12)2-5(9)6(4)10;/h1-2H,(H,11,12);. The van der Waals surface area contributed by atoms with E-state index in [-0.39, 0.29) is 29.6 Å². The zero-order chi connectivity index (χ0) is 9.30. The molecule has 6 heteroatoms. The van der Waals surface area contributed by atoms with Crippen LogP contribution >= 0.6 is 67.8 Å². The minimum atomic E-state index is -0.873. The maximum absolute atomic E-state index is 10.6. The predicted octanol–water partition coefficient (Wildman–Crippen LogP) is 2.82. The number of carbonyl (C=O) groups is 1. The summed E-state index contributed by atoms with van der Waals surface area (Å²) in [6.45, 7) is 0. The summed E-state index contributed by atoms with van der Waals surface area (Å²) < 4.78 is 3.08. The number of carboxylic acids is 1. The minimum Gasteiger partial charge on any atom is -0.478 e. The molecule has 0 heterocycles. The predicted molar refractivity (Wildman–Crippen MR) is 77.3 cm³/mol. The van der Waals surface area contributed by atoms with Crippen molar-refractivity contribution in [2.75, 3.05) is 0 Å². The van der Waals surface area contributed by atoms with Crippen molar-refractivity contribution in [1.82, 2.24) is 0 Å². The van der Waals surface area contributed by atoms with Gasteiger partial charge in [-0.15, -0.1) is 0 Å². The molecule has 0 atom stereocenters. The van der Waals surface area contributed by atoms with Crippen LogP contribution in [0.1, 0.15) is 10.4 Å². The smallest absolute Gasteiger partial charge is 0.335 e. The molecule has 0 saturated heterocycles. The number of benzene rings is 1. The van der Waals surface area contributed by atoms with Crippen molar-refractivity contribution in [3.05, 3.63) is 28.4 Å². The van der Waals surface area contributed by atoms with Gasteiger partial charge in [-0.3, -0.25) is 0 Å². The van der Waals surface area contributed by atoms with Crippen LogP contribution in [0.5, 0.6) is 0 Å². The molecule has 0 unspecified atom stereocenters. The monoisotopic (exact) mass is 523 g/mol. The molecule has 0 aliphatic carbocycles. The van der Waals surface area contributed by atoms with Crippen molar-refractivity contribution < 1.29 is 9.90 Å². The topological polar surface area (TPSA) is 37.3 Å². The first kappa shape index (κ1) is 14.9. The fraction of sp³-hybridized carbons (Fsp3) is 0. The molecule has 0 amide bonds. The van der Waals surface area contributed by atoms with Crippen LogP contribution in [0.2, 0.25) is 0 Å². The van der Waals surface area contributed by atoms with E-state index in [2.05, 4.69) is 67.8 Å². The molecule has 1 rings (SSSR count). The number of halogens is 3. The van der Waals surface area contributed by atoms with Crippen LogP contribution in [-0.4, -0.2) is 40.6 Å². The molecule has 65 valence electrons. The van der Waals surface area contributed by atoms with E-state index in [0.29, 0.717) is 5.56 Å². The quantitative estimate of drug-likeness (QED) is 0.350. The normalized spacial score (nSPS) is 9.15. The number of rotatable bonds is 1. The number of aromatic carboxylic acids is 1. The van der Waals surface area contributed by atoms with Gasteiger partial charge < -0.3 is 5.11 Å². The van der Waals surface area contributed by atoms with Gasteiger partial charge in [0.25, 0.3) is 0 Å². The maximum atomic E-state index is 10.6. The summed E-state index contributed by atoms with van der Waals surface area (Å²) >= 11 is 6.47. The Kier molecular flexibility index (Phi) is 7.39. The third-order valence-electron chi connectivity index (χ3n) is 1.23. The summed E-state index contributed by atoms with van der Waals surface area (Å²) in [7, 11) is 0. The molecule has 0 fully saturated rings. The molecule has 0 spiro atoms. The van der Waals surface area contributed by atoms with Gasteiger partial charge >= 0.3 is 5.97 Å². The summed E-state index contributed by atoms with van der Waals surface area (Å²) in [5.41, 5.74) is 0.351. The van der Waals surface area contributed by atoms with Gasteiger partial charge in [0, 0.05) is 40.3 Å². The summed E-state index contributed by atoms with van der Waals surface area (Å²) in [6, 6.07) is 3.35. The van der Waals surface area contributed by atoms with E-state index >= 15 is 0 Å². The fourth-order valence-corrected chi connectivity index (χ4v) is 2.76. The SMILES string of the molecule is O=C(O)c1cc(I)c(I)c(I)c1.[Na]. The molecule has 1 aromatic rings. The first-order valence-corrected chi connectivity index (χ1v) is 6.14. The van der Waals surface area contributed by atoms with Crippen molar-refractivity contribution in [2.45, 2.75) is 0 Å². The molecule has 0 aromatic heterocycles. The van der Waals surface area contributed by atoms with Gasteiger partial charge in [-0.05, 0) is 79.9 Å². The van der Waals surface area contributed by atoms with Crippen LogP contribution in [0.15, 0.2) is 12.1 Å². The number of carboxylic acid groups (broad SMARTS) is 1. The molecule has 0 saturated carbocycles. The van der Waals surface area contributed by atoms with Crippen molar-refractivity contribution in [3.8, 4) is 0 Å². The van der Waals surface area contributed by atoms with Gasteiger partial charge in [0.2, 0.25) is 0 Å². The molecular weight excluding hydrogens is 520 g/mol. The molecule has 0 bridgehead atoms. The largest absolute Gasteiger partial charge is 0.478 e. The van der Waals surface area contributed by atoms with Gasteiger partial charge in [-0.1, -0.05) is 0 Å². The molecule has 1 radical (unpaired) electrons. The van der Waals surface area contributed by atoms with Gasteiger partial charge in [0.1, 0.15) is 0 Å².